The topological polar surface area (TPSA) is 57.9 Å². The van der Waals surface area contributed by atoms with Gasteiger partial charge in [-0.2, -0.15) is 0 Å². The van der Waals surface area contributed by atoms with E-state index < -0.39 is 0 Å². The van der Waals surface area contributed by atoms with Crippen LogP contribution in [0.3, 0.4) is 0 Å². The number of nitrogens with two attached hydrogens (primary N) is 1. The molecule has 0 amide bonds. The molecule has 1 aromatic heterocycles. The molecule has 4 nitrogen and oxygen atoms in total. The Morgan fingerprint density at radius 3 is 2.94 bits per heavy atom. The molecule has 16 heavy (non-hydrogen) atoms. The maximum absolute atomic E-state index is 5.98. The summed E-state index contributed by atoms with van der Waals surface area (Å²) in [6.07, 6.45) is 4.00. The van der Waals surface area contributed by atoms with Gasteiger partial charge in [-0.05, 0) is 33.9 Å². The molecule has 90 valence electrons. The molecule has 1 aliphatic heterocycles. The Labute approximate surface area is 97.2 Å². The molecule has 1 aliphatic rings. The molecule has 2 rings (SSSR count). The normalized spacial score (nSPS) is 22.9. The largest absolute Gasteiger partial charge is 0.346 e. The van der Waals surface area contributed by atoms with Gasteiger partial charge in [-0.1, -0.05) is 0 Å². The highest BCUT2D eigenvalue weighted by Crippen LogP contribution is 2.24. The highest BCUT2D eigenvalue weighted by molar-refractivity contribution is 5.11. The standard InChI is InChI=1S/C12H22N4/c1-12(2,13)6-11-14-7-10(15-11)9-4-5-16(3)8-9/h7,9H,4-6,8,13H2,1-3H3,(H,14,15). The monoisotopic (exact) mass is 222 g/mol. The molecule has 0 aromatic carbocycles. The molecule has 0 aliphatic carbocycles. The lowest BCUT2D eigenvalue weighted by Gasteiger charge is -2.16. The van der Waals surface area contributed by atoms with Crippen molar-refractivity contribution in [3.8, 4) is 0 Å². The van der Waals surface area contributed by atoms with Gasteiger partial charge < -0.3 is 15.6 Å². The van der Waals surface area contributed by atoms with Crippen molar-refractivity contribution >= 4 is 0 Å². The van der Waals surface area contributed by atoms with Crippen molar-refractivity contribution in [3.63, 3.8) is 0 Å². The summed E-state index contributed by atoms with van der Waals surface area (Å²) < 4.78 is 0. The number of likely N-dealkylation sites (N-methyl/N-ethyl adjacent to an activating group) is 1. The quantitative estimate of drug-likeness (QED) is 0.805. The second-order valence-electron chi connectivity index (χ2n) is 5.70. The molecular formula is C12H22N4. The van der Waals surface area contributed by atoms with Crippen LogP contribution in [0.25, 0.3) is 0 Å². The van der Waals surface area contributed by atoms with Crippen LogP contribution < -0.4 is 5.73 Å². The molecular weight excluding hydrogens is 200 g/mol. The first kappa shape index (κ1) is 11.6. The minimum atomic E-state index is -0.193. The number of aromatic nitrogens is 2. The van der Waals surface area contributed by atoms with Crippen LogP contribution in [0, 0.1) is 0 Å². The molecule has 1 aromatic rings. The number of hydrogen-bond donors (Lipinski definition) is 2. The van der Waals surface area contributed by atoms with Crippen LogP contribution in [0.1, 0.15) is 37.7 Å². The average Bonchev–Trinajstić information content (AvgIpc) is 2.71. The Balaban J connectivity index is 2.02. The lowest BCUT2D eigenvalue weighted by Crippen LogP contribution is -2.34. The van der Waals surface area contributed by atoms with E-state index in [2.05, 4.69) is 21.9 Å². The van der Waals surface area contributed by atoms with Gasteiger partial charge in [-0.15, -0.1) is 0 Å². The maximum atomic E-state index is 5.98. The number of nitrogens with zero attached hydrogens (tertiary/aromatic N) is 2. The van der Waals surface area contributed by atoms with Crippen molar-refractivity contribution in [2.75, 3.05) is 20.1 Å². The molecule has 1 unspecified atom stereocenters. The number of nitrogens with one attached hydrogen (secondary N) is 1. The molecule has 2 heterocycles. The Kier molecular flexibility index (Phi) is 3.04. The van der Waals surface area contributed by atoms with Crippen molar-refractivity contribution in [1.82, 2.24) is 14.9 Å². The van der Waals surface area contributed by atoms with Crippen LogP contribution in [0.5, 0.6) is 0 Å². The third-order valence-corrected chi connectivity index (χ3v) is 3.10. The molecule has 0 spiro atoms. The Bertz CT molecular complexity index is 350. The van der Waals surface area contributed by atoms with Crippen LogP contribution in [0.15, 0.2) is 6.20 Å². The van der Waals surface area contributed by atoms with E-state index in [9.17, 15) is 0 Å². The van der Waals surface area contributed by atoms with E-state index in [0.29, 0.717) is 5.92 Å². The molecule has 3 N–H and O–H groups in total. The van der Waals surface area contributed by atoms with Gasteiger partial charge in [0.1, 0.15) is 5.82 Å². The van der Waals surface area contributed by atoms with Crippen LogP contribution in [0.4, 0.5) is 0 Å². The van der Waals surface area contributed by atoms with E-state index in [4.69, 9.17) is 5.73 Å². The summed E-state index contributed by atoms with van der Waals surface area (Å²) >= 11 is 0. The van der Waals surface area contributed by atoms with E-state index in [0.717, 1.165) is 18.8 Å². The first-order valence-electron chi connectivity index (χ1n) is 5.95. The molecule has 0 radical (unpaired) electrons. The van der Waals surface area contributed by atoms with Gasteiger partial charge in [0, 0.05) is 36.3 Å². The Morgan fingerprint density at radius 1 is 1.62 bits per heavy atom. The summed E-state index contributed by atoms with van der Waals surface area (Å²) in [6, 6.07) is 0. The average molecular weight is 222 g/mol. The van der Waals surface area contributed by atoms with E-state index in [1.54, 1.807) is 0 Å². The van der Waals surface area contributed by atoms with Gasteiger partial charge in [-0.3, -0.25) is 0 Å². The second-order valence-corrected chi connectivity index (χ2v) is 5.70. The lowest BCUT2D eigenvalue weighted by atomic mass is 10.0. The third kappa shape index (κ3) is 2.83. The van der Waals surface area contributed by atoms with Gasteiger partial charge in [-0.25, -0.2) is 4.98 Å². The zero-order valence-electron chi connectivity index (χ0n) is 10.5. The van der Waals surface area contributed by atoms with Crippen LogP contribution in [-0.2, 0) is 6.42 Å². The number of H-pyrrole nitrogens is 1. The molecule has 1 atom stereocenters. The first-order valence-corrected chi connectivity index (χ1v) is 5.95. The highest BCUT2D eigenvalue weighted by Gasteiger charge is 2.23. The van der Waals surface area contributed by atoms with Crippen molar-refractivity contribution in [3.05, 3.63) is 17.7 Å². The number of aromatic amines is 1. The van der Waals surface area contributed by atoms with E-state index in [1.165, 1.54) is 18.7 Å². The SMILES string of the molecule is CN1CCC(c2cnc(CC(C)(C)N)[nH]2)C1. The summed E-state index contributed by atoms with van der Waals surface area (Å²) in [5.74, 6) is 1.63. The molecule has 0 saturated carbocycles. The van der Waals surface area contributed by atoms with Gasteiger partial charge in [0.15, 0.2) is 0 Å². The Hall–Kier alpha value is -0.870. The summed E-state index contributed by atoms with van der Waals surface area (Å²) in [4.78, 5) is 10.2. The zero-order valence-corrected chi connectivity index (χ0v) is 10.5. The van der Waals surface area contributed by atoms with E-state index in [1.807, 2.05) is 20.0 Å². The molecule has 0 bridgehead atoms. The van der Waals surface area contributed by atoms with Gasteiger partial charge in [0.25, 0.3) is 0 Å². The predicted molar refractivity (Wildman–Crippen MR) is 65.4 cm³/mol. The zero-order chi connectivity index (χ0) is 11.8. The summed E-state index contributed by atoms with van der Waals surface area (Å²) in [5.41, 5.74) is 7.06. The van der Waals surface area contributed by atoms with E-state index >= 15 is 0 Å². The minimum absolute atomic E-state index is 0.193. The fourth-order valence-corrected chi connectivity index (χ4v) is 2.30. The fourth-order valence-electron chi connectivity index (χ4n) is 2.30. The third-order valence-electron chi connectivity index (χ3n) is 3.10. The number of hydrogen-bond acceptors (Lipinski definition) is 3. The number of rotatable bonds is 3. The van der Waals surface area contributed by atoms with Gasteiger partial charge in [0.05, 0.1) is 0 Å². The van der Waals surface area contributed by atoms with Crippen molar-refractivity contribution in [2.24, 2.45) is 5.73 Å². The predicted octanol–water partition coefficient (Wildman–Crippen LogP) is 1.11. The van der Waals surface area contributed by atoms with Crippen LogP contribution in [-0.4, -0.2) is 40.5 Å². The minimum Gasteiger partial charge on any atom is -0.346 e. The molecule has 1 fully saturated rings. The molecule has 1 saturated heterocycles. The summed E-state index contributed by atoms with van der Waals surface area (Å²) in [5, 5.41) is 0. The van der Waals surface area contributed by atoms with Crippen LogP contribution in [0.2, 0.25) is 0 Å². The lowest BCUT2D eigenvalue weighted by molar-refractivity contribution is 0.410. The van der Waals surface area contributed by atoms with Crippen molar-refractivity contribution in [2.45, 2.75) is 38.1 Å². The van der Waals surface area contributed by atoms with Gasteiger partial charge >= 0.3 is 0 Å². The van der Waals surface area contributed by atoms with Crippen molar-refractivity contribution in [1.29, 1.82) is 0 Å². The summed E-state index contributed by atoms with van der Waals surface area (Å²) in [7, 11) is 2.17. The number of imidazole rings is 1. The Morgan fingerprint density at radius 2 is 2.38 bits per heavy atom. The smallest absolute Gasteiger partial charge is 0.108 e. The number of likely N-dealkylation sites (tertiary alicyclic amines) is 1. The first-order chi connectivity index (χ1) is 7.44. The van der Waals surface area contributed by atoms with Gasteiger partial charge in [0.2, 0.25) is 0 Å². The molecule has 4 heteroatoms. The fraction of sp³-hybridized carbons (Fsp3) is 0.750. The maximum Gasteiger partial charge on any atom is 0.108 e. The second kappa shape index (κ2) is 4.18. The summed E-state index contributed by atoms with van der Waals surface area (Å²) in [6.45, 7) is 6.37. The van der Waals surface area contributed by atoms with Crippen LogP contribution >= 0.6 is 0 Å². The van der Waals surface area contributed by atoms with Crippen molar-refractivity contribution < 1.29 is 0 Å². The van der Waals surface area contributed by atoms with E-state index in [-0.39, 0.29) is 5.54 Å². The highest BCUT2D eigenvalue weighted by atomic mass is 15.1.